The van der Waals surface area contributed by atoms with Crippen molar-refractivity contribution in [2.45, 2.75) is 37.5 Å². The monoisotopic (exact) mass is 303 g/mol. The van der Waals surface area contributed by atoms with E-state index in [1.54, 1.807) is 0 Å². The second kappa shape index (κ2) is 7.53. The van der Waals surface area contributed by atoms with Crippen molar-refractivity contribution in [2.24, 2.45) is 0 Å². The van der Waals surface area contributed by atoms with Crippen molar-refractivity contribution in [2.75, 3.05) is 12.9 Å². The summed E-state index contributed by atoms with van der Waals surface area (Å²) in [6.07, 6.45) is 5.37. The first kappa shape index (κ1) is 15.9. The molecular formula is C17H21NO2S. The highest BCUT2D eigenvalue weighted by atomic mass is 32.2. The van der Waals surface area contributed by atoms with Crippen molar-refractivity contribution >= 4 is 17.7 Å². The summed E-state index contributed by atoms with van der Waals surface area (Å²) in [5.41, 5.74) is 2.30. The van der Waals surface area contributed by atoms with Gasteiger partial charge in [-0.25, -0.2) is 0 Å². The number of carbonyl (C=O) groups excluding carboxylic acids is 1. The fraction of sp³-hybridized carbons (Fsp3) is 0.471. The molecule has 0 saturated heterocycles. The van der Waals surface area contributed by atoms with Crippen LogP contribution in [0.15, 0.2) is 18.2 Å². The van der Waals surface area contributed by atoms with Crippen LogP contribution in [0, 0.1) is 18.8 Å². The quantitative estimate of drug-likeness (QED) is 0.843. The van der Waals surface area contributed by atoms with Gasteiger partial charge in [-0.15, -0.1) is 0 Å². The summed E-state index contributed by atoms with van der Waals surface area (Å²) >= 11 is 1.87. The number of benzene rings is 1. The molecule has 1 aromatic rings. The molecule has 112 valence electrons. The predicted octanol–water partition coefficient (Wildman–Crippen LogP) is 2.35. The molecule has 1 aliphatic carbocycles. The van der Waals surface area contributed by atoms with E-state index in [4.69, 9.17) is 5.11 Å². The third-order valence-corrected chi connectivity index (χ3v) is 4.87. The minimum Gasteiger partial charge on any atom is -0.384 e. The Morgan fingerprint density at radius 3 is 2.95 bits per heavy atom. The number of amides is 1. The summed E-state index contributed by atoms with van der Waals surface area (Å²) in [5.74, 6) is 5.40. The lowest BCUT2D eigenvalue weighted by Gasteiger charge is -2.14. The Morgan fingerprint density at radius 1 is 1.48 bits per heavy atom. The fourth-order valence-electron chi connectivity index (χ4n) is 2.64. The molecule has 2 N–H and O–H groups in total. The Kier molecular flexibility index (Phi) is 5.72. The standard InChI is InChI=1S/C17H21NO2S/c1-12-5-6-13(4-3-9-19)16(10-12)17(20)18-14-7-8-15(11-14)21-2/h5-6,10,14-15,19H,7-9,11H2,1-2H3,(H,18,20). The molecule has 3 nitrogen and oxygen atoms in total. The van der Waals surface area contributed by atoms with Gasteiger partial charge in [0.05, 0.1) is 5.56 Å². The van der Waals surface area contributed by atoms with E-state index >= 15 is 0 Å². The first-order chi connectivity index (χ1) is 10.1. The Balaban J connectivity index is 2.13. The van der Waals surface area contributed by atoms with Gasteiger partial charge in [0.2, 0.25) is 0 Å². The van der Waals surface area contributed by atoms with Crippen molar-refractivity contribution in [3.05, 3.63) is 34.9 Å². The molecule has 0 aromatic heterocycles. The number of thioether (sulfide) groups is 1. The number of hydrogen-bond acceptors (Lipinski definition) is 3. The molecule has 0 radical (unpaired) electrons. The summed E-state index contributed by atoms with van der Waals surface area (Å²) < 4.78 is 0. The van der Waals surface area contributed by atoms with Gasteiger partial charge in [-0.2, -0.15) is 11.8 Å². The van der Waals surface area contributed by atoms with Gasteiger partial charge in [0.25, 0.3) is 5.91 Å². The van der Waals surface area contributed by atoms with Crippen LogP contribution < -0.4 is 5.32 Å². The van der Waals surface area contributed by atoms with Crippen LogP contribution in [0.2, 0.25) is 0 Å². The second-order valence-electron chi connectivity index (χ2n) is 5.35. The van der Waals surface area contributed by atoms with E-state index in [0.29, 0.717) is 16.4 Å². The summed E-state index contributed by atoms with van der Waals surface area (Å²) in [6, 6.07) is 5.88. The molecule has 2 rings (SSSR count). The normalized spacial score (nSPS) is 20.7. The SMILES string of the molecule is CSC1CCC(NC(=O)c2cc(C)ccc2C#CCO)C1. The van der Waals surface area contributed by atoms with Crippen LogP contribution in [0.5, 0.6) is 0 Å². The van der Waals surface area contributed by atoms with E-state index in [1.807, 2.05) is 36.9 Å². The summed E-state index contributed by atoms with van der Waals surface area (Å²) in [5, 5.41) is 12.6. The smallest absolute Gasteiger partial charge is 0.252 e. The van der Waals surface area contributed by atoms with Crippen molar-refractivity contribution in [3.63, 3.8) is 0 Å². The highest BCUT2D eigenvalue weighted by Crippen LogP contribution is 2.28. The van der Waals surface area contributed by atoms with Crippen LogP contribution >= 0.6 is 11.8 Å². The van der Waals surface area contributed by atoms with Crippen LogP contribution in [0.1, 0.15) is 40.7 Å². The van der Waals surface area contributed by atoms with Gasteiger partial charge in [0.15, 0.2) is 0 Å². The molecule has 2 unspecified atom stereocenters. The van der Waals surface area contributed by atoms with Crippen LogP contribution in [0.3, 0.4) is 0 Å². The van der Waals surface area contributed by atoms with Gasteiger partial charge in [-0.1, -0.05) is 23.5 Å². The van der Waals surface area contributed by atoms with E-state index in [1.165, 1.54) is 0 Å². The number of aryl methyl sites for hydroxylation is 1. The largest absolute Gasteiger partial charge is 0.384 e. The molecule has 0 bridgehead atoms. The van der Waals surface area contributed by atoms with Gasteiger partial charge in [0, 0.05) is 16.9 Å². The predicted molar refractivity (Wildman–Crippen MR) is 87.6 cm³/mol. The Labute approximate surface area is 130 Å². The molecule has 2 atom stereocenters. The molecule has 0 heterocycles. The molecule has 1 aromatic carbocycles. The molecule has 21 heavy (non-hydrogen) atoms. The fourth-order valence-corrected chi connectivity index (χ4v) is 3.43. The lowest BCUT2D eigenvalue weighted by molar-refractivity contribution is 0.0937. The van der Waals surface area contributed by atoms with E-state index in [-0.39, 0.29) is 18.6 Å². The Hall–Kier alpha value is -1.44. The molecule has 0 spiro atoms. The maximum Gasteiger partial charge on any atom is 0.252 e. The molecule has 1 amide bonds. The van der Waals surface area contributed by atoms with E-state index < -0.39 is 0 Å². The lowest BCUT2D eigenvalue weighted by Crippen LogP contribution is -2.33. The number of hydrogen-bond donors (Lipinski definition) is 2. The molecule has 0 aliphatic heterocycles. The van der Waals surface area contributed by atoms with Crippen molar-refractivity contribution in [1.29, 1.82) is 0 Å². The summed E-state index contributed by atoms with van der Waals surface area (Å²) in [7, 11) is 0. The molecule has 1 saturated carbocycles. The maximum atomic E-state index is 12.5. The first-order valence-corrected chi connectivity index (χ1v) is 8.47. The zero-order chi connectivity index (χ0) is 15.2. The highest BCUT2D eigenvalue weighted by molar-refractivity contribution is 7.99. The highest BCUT2D eigenvalue weighted by Gasteiger charge is 2.25. The number of rotatable bonds is 3. The second-order valence-corrected chi connectivity index (χ2v) is 6.49. The number of aliphatic hydroxyl groups excluding tert-OH is 1. The Morgan fingerprint density at radius 2 is 2.29 bits per heavy atom. The molecule has 4 heteroatoms. The Bertz CT molecular complexity index is 574. The van der Waals surface area contributed by atoms with Gasteiger partial charge < -0.3 is 10.4 Å². The van der Waals surface area contributed by atoms with Crippen LogP contribution in [0.25, 0.3) is 0 Å². The first-order valence-electron chi connectivity index (χ1n) is 7.18. The van der Waals surface area contributed by atoms with E-state index in [2.05, 4.69) is 23.4 Å². The number of nitrogens with one attached hydrogen (secondary N) is 1. The topological polar surface area (TPSA) is 49.3 Å². The van der Waals surface area contributed by atoms with Crippen molar-refractivity contribution in [1.82, 2.24) is 5.32 Å². The summed E-state index contributed by atoms with van der Waals surface area (Å²) in [4.78, 5) is 12.5. The van der Waals surface area contributed by atoms with Gasteiger partial charge >= 0.3 is 0 Å². The molecule has 1 aliphatic rings. The van der Waals surface area contributed by atoms with Crippen molar-refractivity contribution in [3.8, 4) is 11.8 Å². The average Bonchev–Trinajstić information content (AvgIpc) is 2.93. The third-order valence-electron chi connectivity index (χ3n) is 3.77. The number of aliphatic hydroxyl groups is 1. The molecule has 1 fully saturated rings. The van der Waals surface area contributed by atoms with Gasteiger partial charge in [-0.3, -0.25) is 4.79 Å². The summed E-state index contributed by atoms with van der Waals surface area (Å²) in [6.45, 7) is 1.76. The zero-order valence-corrected chi connectivity index (χ0v) is 13.3. The van der Waals surface area contributed by atoms with Crippen LogP contribution in [-0.4, -0.2) is 35.2 Å². The number of carbonyl (C=O) groups is 1. The van der Waals surface area contributed by atoms with Crippen LogP contribution in [-0.2, 0) is 0 Å². The van der Waals surface area contributed by atoms with Crippen LogP contribution in [0.4, 0.5) is 0 Å². The zero-order valence-electron chi connectivity index (χ0n) is 12.5. The van der Waals surface area contributed by atoms with E-state index in [0.717, 1.165) is 24.8 Å². The minimum absolute atomic E-state index is 0.0623. The van der Waals surface area contributed by atoms with Crippen molar-refractivity contribution < 1.29 is 9.90 Å². The average molecular weight is 303 g/mol. The van der Waals surface area contributed by atoms with E-state index in [9.17, 15) is 4.79 Å². The van der Waals surface area contributed by atoms with Gasteiger partial charge in [-0.05, 0) is 44.6 Å². The maximum absolute atomic E-state index is 12.5. The lowest BCUT2D eigenvalue weighted by atomic mass is 10.0. The van der Waals surface area contributed by atoms with Gasteiger partial charge in [0.1, 0.15) is 6.61 Å². The minimum atomic E-state index is -0.201. The molecular weight excluding hydrogens is 282 g/mol. The third kappa shape index (κ3) is 4.26.